The van der Waals surface area contributed by atoms with Crippen LogP contribution in [0.15, 0.2) is 47.1 Å². The molecule has 1 saturated heterocycles. The summed E-state index contributed by atoms with van der Waals surface area (Å²) in [6.07, 6.45) is 2.18. The van der Waals surface area contributed by atoms with Crippen LogP contribution >= 0.6 is 0 Å². The Morgan fingerprint density at radius 1 is 0.957 bits per heavy atom. The number of benzene rings is 1. The van der Waals surface area contributed by atoms with Gasteiger partial charge in [0.05, 0.1) is 6.26 Å². The second kappa shape index (κ2) is 6.56. The van der Waals surface area contributed by atoms with Crippen LogP contribution < -0.4 is 0 Å². The van der Waals surface area contributed by atoms with Crippen LogP contribution in [0, 0.1) is 0 Å². The molecule has 1 aliphatic rings. The van der Waals surface area contributed by atoms with Crippen molar-refractivity contribution in [1.82, 2.24) is 9.80 Å². The van der Waals surface area contributed by atoms with E-state index in [9.17, 15) is 14.7 Å². The lowest BCUT2D eigenvalue weighted by atomic mass is 10.2. The summed E-state index contributed by atoms with van der Waals surface area (Å²) in [7, 11) is 0. The molecule has 0 bridgehead atoms. The molecule has 2 amide bonds. The molecule has 6 heteroatoms. The van der Waals surface area contributed by atoms with E-state index in [1.165, 1.54) is 18.4 Å². The SMILES string of the molecule is O=C(c1cccc(O)c1)N1CCCN(C(=O)c2ccco2)CC1. The molecule has 1 aromatic carbocycles. The third-order valence-electron chi connectivity index (χ3n) is 3.90. The van der Waals surface area contributed by atoms with Gasteiger partial charge in [-0.05, 0) is 36.8 Å². The first-order chi connectivity index (χ1) is 11.1. The summed E-state index contributed by atoms with van der Waals surface area (Å²) in [5, 5.41) is 9.50. The molecule has 2 aromatic rings. The van der Waals surface area contributed by atoms with Gasteiger partial charge in [-0.25, -0.2) is 0 Å². The summed E-state index contributed by atoms with van der Waals surface area (Å²) in [5.41, 5.74) is 0.454. The van der Waals surface area contributed by atoms with Gasteiger partial charge in [0.15, 0.2) is 5.76 Å². The molecule has 23 heavy (non-hydrogen) atoms. The van der Waals surface area contributed by atoms with Gasteiger partial charge in [0.1, 0.15) is 5.75 Å². The Labute approximate surface area is 133 Å². The van der Waals surface area contributed by atoms with E-state index in [1.807, 2.05) is 0 Å². The molecular formula is C17H18N2O4. The summed E-state index contributed by atoms with van der Waals surface area (Å²) < 4.78 is 5.15. The molecule has 1 aromatic heterocycles. The van der Waals surface area contributed by atoms with Crippen molar-refractivity contribution in [2.45, 2.75) is 6.42 Å². The van der Waals surface area contributed by atoms with Gasteiger partial charge in [0.25, 0.3) is 11.8 Å². The van der Waals surface area contributed by atoms with E-state index < -0.39 is 0 Å². The van der Waals surface area contributed by atoms with Crippen LogP contribution in [0.2, 0.25) is 0 Å². The third kappa shape index (κ3) is 3.36. The summed E-state index contributed by atoms with van der Waals surface area (Å²) in [6.45, 7) is 2.09. The summed E-state index contributed by atoms with van der Waals surface area (Å²) in [4.78, 5) is 28.2. The molecule has 1 N–H and O–H groups in total. The van der Waals surface area contributed by atoms with E-state index in [0.29, 0.717) is 43.9 Å². The van der Waals surface area contributed by atoms with Crippen molar-refractivity contribution in [2.75, 3.05) is 26.2 Å². The zero-order valence-corrected chi connectivity index (χ0v) is 12.6. The zero-order valence-electron chi connectivity index (χ0n) is 12.6. The van der Waals surface area contributed by atoms with Crippen molar-refractivity contribution in [3.05, 3.63) is 54.0 Å². The topological polar surface area (TPSA) is 74.0 Å². The van der Waals surface area contributed by atoms with E-state index in [2.05, 4.69) is 0 Å². The zero-order chi connectivity index (χ0) is 16.2. The summed E-state index contributed by atoms with van der Waals surface area (Å²) in [6, 6.07) is 9.64. The van der Waals surface area contributed by atoms with Crippen molar-refractivity contribution in [3.63, 3.8) is 0 Å². The second-order valence-corrected chi connectivity index (χ2v) is 5.47. The molecule has 120 valence electrons. The van der Waals surface area contributed by atoms with Crippen LogP contribution in [0.5, 0.6) is 5.75 Å². The molecule has 0 atom stereocenters. The second-order valence-electron chi connectivity index (χ2n) is 5.47. The predicted molar refractivity (Wildman–Crippen MR) is 83.2 cm³/mol. The Bertz CT molecular complexity index is 696. The van der Waals surface area contributed by atoms with E-state index >= 15 is 0 Å². The lowest BCUT2D eigenvalue weighted by Gasteiger charge is -2.21. The Kier molecular flexibility index (Phi) is 4.32. The predicted octanol–water partition coefficient (Wildman–Crippen LogP) is 1.97. The number of nitrogens with zero attached hydrogens (tertiary/aromatic N) is 2. The molecule has 3 rings (SSSR count). The highest BCUT2D eigenvalue weighted by atomic mass is 16.3. The van der Waals surface area contributed by atoms with Crippen LogP contribution in [0.3, 0.4) is 0 Å². The lowest BCUT2D eigenvalue weighted by molar-refractivity contribution is 0.0700. The fourth-order valence-corrected chi connectivity index (χ4v) is 2.70. The Morgan fingerprint density at radius 2 is 1.70 bits per heavy atom. The maximum Gasteiger partial charge on any atom is 0.289 e. The molecule has 0 radical (unpaired) electrons. The van der Waals surface area contributed by atoms with Crippen LogP contribution in [0.1, 0.15) is 27.3 Å². The van der Waals surface area contributed by atoms with Crippen LogP contribution in [0.4, 0.5) is 0 Å². The van der Waals surface area contributed by atoms with Gasteiger partial charge in [0.2, 0.25) is 0 Å². The average molecular weight is 314 g/mol. The maximum absolute atomic E-state index is 12.5. The fraction of sp³-hybridized carbons (Fsp3) is 0.294. The quantitative estimate of drug-likeness (QED) is 0.920. The minimum Gasteiger partial charge on any atom is -0.508 e. The first-order valence-corrected chi connectivity index (χ1v) is 7.56. The Morgan fingerprint density at radius 3 is 2.35 bits per heavy atom. The molecule has 0 spiro atoms. The number of rotatable bonds is 2. The van der Waals surface area contributed by atoms with Gasteiger partial charge in [-0.2, -0.15) is 0 Å². The number of hydrogen-bond donors (Lipinski definition) is 1. The number of carbonyl (C=O) groups excluding carboxylic acids is 2. The van der Waals surface area contributed by atoms with E-state index in [-0.39, 0.29) is 17.6 Å². The minimum absolute atomic E-state index is 0.0697. The van der Waals surface area contributed by atoms with E-state index in [1.54, 1.807) is 34.1 Å². The van der Waals surface area contributed by atoms with Crippen molar-refractivity contribution >= 4 is 11.8 Å². The lowest BCUT2D eigenvalue weighted by Crippen LogP contribution is -2.37. The van der Waals surface area contributed by atoms with Gasteiger partial charge in [0, 0.05) is 31.7 Å². The number of furan rings is 1. The van der Waals surface area contributed by atoms with Gasteiger partial charge >= 0.3 is 0 Å². The molecule has 2 heterocycles. The highest BCUT2D eigenvalue weighted by molar-refractivity contribution is 5.95. The molecular weight excluding hydrogens is 296 g/mol. The Balaban J connectivity index is 1.66. The average Bonchev–Trinajstić information content (AvgIpc) is 2.98. The number of aromatic hydroxyl groups is 1. The summed E-state index contributed by atoms with van der Waals surface area (Å²) in [5.74, 6) is 0.105. The van der Waals surface area contributed by atoms with E-state index in [4.69, 9.17) is 4.42 Å². The summed E-state index contributed by atoms with van der Waals surface area (Å²) >= 11 is 0. The smallest absolute Gasteiger partial charge is 0.289 e. The molecule has 0 saturated carbocycles. The van der Waals surface area contributed by atoms with Crippen LogP contribution in [0.25, 0.3) is 0 Å². The van der Waals surface area contributed by atoms with Gasteiger partial charge in [-0.3, -0.25) is 9.59 Å². The number of phenols is 1. The standard InChI is InChI=1S/C17H18N2O4/c20-14-5-1-4-13(12-14)16(21)18-7-3-8-19(10-9-18)17(22)15-6-2-11-23-15/h1-2,4-6,11-12,20H,3,7-10H2. The van der Waals surface area contributed by atoms with E-state index in [0.717, 1.165) is 0 Å². The molecule has 0 aliphatic carbocycles. The Hall–Kier alpha value is -2.76. The highest BCUT2D eigenvalue weighted by Crippen LogP contribution is 2.15. The number of carbonyl (C=O) groups is 2. The number of hydrogen-bond acceptors (Lipinski definition) is 4. The van der Waals surface area contributed by atoms with Crippen molar-refractivity contribution in [3.8, 4) is 5.75 Å². The van der Waals surface area contributed by atoms with Crippen molar-refractivity contribution in [2.24, 2.45) is 0 Å². The molecule has 0 unspecified atom stereocenters. The fourth-order valence-electron chi connectivity index (χ4n) is 2.70. The normalized spacial score (nSPS) is 15.3. The largest absolute Gasteiger partial charge is 0.508 e. The first kappa shape index (κ1) is 15.1. The molecule has 1 fully saturated rings. The van der Waals surface area contributed by atoms with Crippen LogP contribution in [-0.4, -0.2) is 52.9 Å². The molecule has 6 nitrogen and oxygen atoms in total. The van der Waals surface area contributed by atoms with Crippen LogP contribution in [-0.2, 0) is 0 Å². The molecule has 1 aliphatic heterocycles. The maximum atomic E-state index is 12.5. The number of amides is 2. The highest BCUT2D eigenvalue weighted by Gasteiger charge is 2.24. The first-order valence-electron chi connectivity index (χ1n) is 7.56. The van der Waals surface area contributed by atoms with Gasteiger partial charge in [-0.15, -0.1) is 0 Å². The van der Waals surface area contributed by atoms with Gasteiger partial charge < -0.3 is 19.3 Å². The van der Waals surface area contributed by atoms with Crippen molar-refractivity contribution < 1.29 is 19.1 Å². The third-order valence-corrected chi connectivity index (χ3v) is 3.90. The number of phenolic OH excluding ortho intramolecular Hbond substituents is 1. The van der Waals surface area contributed by atoms with Crippen molar-refractivity contribution in [1.29, 1.82) is 0 Å². The monoisotopic (exact) mass is 314 g/mol. The minimum atomic E-state index is -0.151. The van der Waals surface area contributed by atoms with Gasteiger partial charge in [-0.1, -0.05) is 6.07 Å².